The summed E-state index contributed by atoms with van der Waals surface area (Å²) in [7, 11) is 0. The Morgan fingerprint density at radius 2 is 2.20 bits per heavy atom. The summed E-state index contributed by atoms with van der Waals surface area (Å²) in [6, 6.07) is 8.23. The lowest BCUT2D eigenvalue weighted by Gasteiger charge is -2.14. The van der Waals surface area contributed by atoms with Crippen molar-refractivity contribution < 1.29 is 4.74 Å². The van der Waals surface area contributed by atoms with E-state index in [4.69, 9.17) is 4.74 Å². The summed E-state index contributed by atoms with van der Waals surface area (Å²) in [5.74, 6) is 1.93. The Morgan fingerprint density at radius 1 is 1.28 bits per heavy atom. The van der Waals surface area contributed by atoms with E-state index in [1.807, 2.05) is 19.1 Å². The van der Waals surface area contributed by atoms with E-state index in [0.717, 1.165) is 48.9 Å². The van der Waals surface area contributed by atoms with Crippen LogP contribution in [0.2, 0.25) is 0 Å². The van der Waals surface area contributed by atoms with E-state index in [0.29, 0.717) is 6.61 Å². The van der Waals surface area contributed by atoms with Gasteiger partial charge in [-0.15, -0.1) is 11.3 Å². The molecular weight excluding hydrogens is 332 g/mol. The number of para-hydroxylation sites is 1. The number of benzene rings is 1. The summed E-state index contributed by atoms with van der Waals surface area (Å²) in [5.41, 5.74) is 2.63. The van der Waals surface area contributed by atoms with E-state index in [2.05, 4.69) is 32.7 Å². The van der Waals surface area contributed by atoms with Crippen molar-refractivity contribution >= 4 is 27.4 Å². The number of anilines is 1. The Morgan fingerprint density at radius 3 is 3.12 bits per heavy atom. The predicted octanol–water partition coefficient (Wildman–Crippen LogP) is 3.39. The monoisotopic (exact) mass is 354 g/mol. The van der Waals surface area contributed by atoms with Gasteiger partial charge < -0.3 is 15.4 Å². The first-order valence-electron chi connectivity index (χ1n) is 8.77. The van der Waals surface area contributed by atoms with Crippen molar-refractivity contribution in [2.45, 2.75) is 26.3 Å². The summed E-state index contributed by atoms with van der Waals surface area (Å²) >= 11 is 1.78. The van der Waals surface area contributed by atoms with Gasteiger partial charge in [0.05, 0.1) is 12.0 Å². The highest BCUT2D eigenvalue weighted by molar-refractivity contribution is 7.18. The van der Waals surface area contributed by atoms with Gasteiger partial charge in [0.1, 0.15) is 22.7 Å². The minimum atomic E-state index is 0.687. The molecule has 0 saturated heterocycles. The van der Waals surface area contributed by atoms with Gasteiger partial charge in [-0.3, -0.25) is 0 Å². The molecule has 0 amide bonds. The molecule has 0 unspecified atom stereocenters. The smallest absolute Gasteiger partial charge is 0.138 e. The lowest BCUT2D eigenvalue weighted by Crippen LogP contribution is -2.22. The molecule has 6 heteroatoms. The van der Waals surface area contributed by atoms with Crippen LogP contribution in [0.5, 0.6) is 5.75 Å². The number of fused-ring (bicyclic) bond motifs is 3. The van der Waals surface area contributed by atoms with E-state index >= 15 is 0 Å². The molecule has 2 N–H and O–H groups in total. The Bertz CT molecular complexity index is 877. The second kappa shape index (κ2) is 7.37. The van der Waals surface area contributed by atoms with Crippen molar-refractivity contribution in [2.24, 2.45) is 0 Å². The molecule has 5 nitrogen and oxygen atoms in total. The highest BCUT2D eigenvalue weighted by atomic mass is 32.1. The SMILES string of the molecule is CCOc1ccccc1CCNc1ncnc2sc3c(c12)CCNC3. The molecule has 25 heavy (non-hydrogen) atoms. The van der Waals surface area contributed by atoms with Crippen LogP contribution in [0.15, 0.2) is 30.6 Å². The summed E-state index contributed by atoms with van der Waals surface area (Å²) in [4.78, 5) is 11.5. The average Bonchev–Trinajstić information content (AvgIpc) is 3.03. The maximum absolute atomic E-state index is 5.71. The summed E-state index contributed by atoms with van der Waals surface area (Å²) < 4.78 is 5.71. The fourth-order valence-corrected chi connectivity index (χ4v) is 4.47. The predicted molar refractivity (Wildman–Crippen MR) is 103 cm³/mol. The zero-order valence-electron chi connectivity index (χ0n) is 14.3. The number of hydrogen-bond acceptors (Lipinski definition) is 6. The number of aromatic nitrogens is 2. The molecule has 1 aliphatic heterocycles. The average molecular weight is 354 g/mol. The van der Waals surface area contributed by atoms with Crippen LogP contribution in [0.1, 0.15) is 22.9 Å². The Balaban J connectivity index is 1.53. The fraction of sp³-hybridized carbons (Fsp3) is 0.368. The van der Waals surface area contributed by atoms with E-state index in [1.54, 1.807) is 17.7 Å². The molecule has 0 fully saturated rings. The standard InChI is InChI=1S/C19H22N4OS/c1-2-24-15-6-4-3-5-13(15)7-10-21-18-17-14-8-9-20-11-16(14)25-19(17)23-12-22-18/h3-6,12,20H,2,7-11H2,1H3,(H,21,22,23). The van der Waals surface area contributed by atoms with Crippen molar-refractivity contribution in [3.05, 3.63) is 46.6 Å². The van der Waals surface area contributed by atoms with Crippen molar-refractivity contribution in [1.82, 2.24) is 15.3 Å². The van der Waals surface area contributed by atoms with Crippen LogP contribution in [0.4, 0.5) is 5.82 Å². The van der Waals surface area contributed by atoms with E-state index in [9.17, 15) is 0 Å². The number of ether oxygens (including phenoxy) is 1. The Labute approximate surface area is 151 Å². The molecule has 0 spiro atoms. The third-order valence-corrected chi connectivity index (χ3v) is 5.61. The van der Waals surface area contributed by atoms with Gasteiger partial charge in [0.15, 0.2) is 0 Å². The number of hydrogen-bond donors (Lipinski definition) is 2. The Kier molecular flexibility index (Phi) is 4.81. The van der Waals surface area contributed by atoms with Crippen molar-refractivity contribution in [3.63, 3.8) is 0 Å². The molecule has 0 atom stereocenters. The molecule has 130 valence electrons. The Hall–Kier alpha value is -2.18. The number of nitrogens with one attached hydrogen (secondary N) is 2. The molecule has 3 aromatic rings. The van der Waals surface area contributed by atoms with Gasteiger partial charge in [0.2, 0.25) is 0 Å². The van der Waals surface area contributed by atoms with Crippen LogP contribution in [-0.4, -0.2) is 29.7 Å². The van der Waals surface area contributed by atoms with Crippen LogP contribution >= 0.6 is 11.3 Å². The molecule has 3 heterocycles. The highest BCUT2D eigenvalue weighted by Crippen LogP contribution is 2.35. The molecule has 2 aromatic heterocycles. The number of thiophene rings is 1. The minimum absolute atomic E-state index is 0.687. The molecule has 1 aliphatic rings. The van der Waals surface area contributed by atoms with Crippen LogP contribution in [-0.2, 0) is 19.4 Å². The second-order valence-electron chi connectivity index (χ2n) is 6.05. The highest BCUT2D eigenvalue weighted by Gasteiger charge is 2.19. The third kappa shape index (κ3) is 3.32. The maximum Gasteiger partial charge on any atom is 0.138 e. The van der Waals surface area contributed by atoms with E-state index in [-0.39, 0.29) is 0 Å². The number of nitrogens with zero attached hydrogens (tertiary/aromatic N) is 2. The first-order valence-corrected chi connectivity index (χ1v) is 9.59. The quantitative estimate of drug-likeness (QED) is 0.711. The first kappa shape index (κ1) is 16.3. The zero-order chi connectivity index (χ0) is 17.1. The van der Waals surface area contributed by atoms with Gasteiger partial charge in [-0.05, 0) is 43.5 Å². The second-order valence-corrected chi connectivity index (χ2v) is 7.13. The van der Waals surface area contributed by atoms with Crippen molar-refractivity contribution in [1.29, 1.82) is 0 Å². The van der Waals surface area contributed by atoms with Crippen LogP contribution in [0.25, 0.3) is 10.2 Å². The minimum Gasteiger partial charge on any atom is -0.494 e. The van der Waals surface area contributed by atoms with E-state index < -0.39 is 0 Å². The van der Waals surface area contributed by atoms with Gasteiger partial charge in [-0.2, -0.15) is 0 Å². The molecule has 1 aromatic carbocycles. The summed E-state index contributed by atoms with van der Waals surface area (Å²) in [5, 5.41) is 8.16. The zero-order valence-corrected chi connectivity index (χ0v) is 15.2. The van der Waals surface area contributed by atoms with Gasteiger partial charge >= 0.3 is 0 Å². The lowest BCUT2D eigenvalue weighted by molar-refractivity contribution is 0.336. The van der Waals surface area contributed by atoms with Crippen LogP contribution < -0.4 is 15.4 Å². The lowest BCUT2D eigenvalue weighted by atomic mass is 10.1. The van der Waals surface area contributed by atoms with Crippen molar-refractivity contribution in [3.8, 4) is 5.75 Å². The van der Waals surface area contributed by atoms with Gasteiger partial charge in [-0.1, -0.05) is 18.2 Å². The summed E-state index contributed by atoms with van der Waals surface area (Å²) in [6.07, 6.45) is 3.61. The van der Waals surface area contributed by atoms with Gasteiger partial charge in [-0.25, -0.2) is 9.97 Å². The normalized spacial score (nSPS) is 13.6. The van der Waals surface area contributed by atoms with Gasteiger partial charge in [0, 0.05) is 18.0 Å². The van der Waals surface area contributed by atoms with E-state index in [1.165, 1.54) is 21.4 Å². The van der Waals surface area contributed by atoms with Crippen LogP contribution in [0.3, 0.4) is 0 Å². The molecular formula is C19H22N4OS. The fourth-order valence-electron chi connectivity index (χ4n) is 3.32. The topological polar surface area (TPSA) is 59.1 Å². The summed E-state index contributed by atoms with van der Waals surface area (Å²) in [6.45, 7) is 5.48. The molecule has 0 aliphatic carbocycles. The third-order valence-electron chi connectivity index (χ3n) is 4.47. The van der Waals surface area contributed by atoms with Crippen LogP contribution in [0, 0.1) is 0 Å². The first-order chi connectivity index (χ1) is 12.4. The van der Waals surface area contributed by atoms with Crippen molar-refractivity contribution in [2.75, 3.05) is 25.0 Å². The molecule has 4 rings (SSSR count). The van der Waals surface area contributed by atoms with Gasteiger partial charge in [0.25, 0.3) is 0 Å². The molecule has 0 bridgehead atoms. The number of rotatable bonds is 6. The maximum atomic E-state index is 5.71. The molecule has 0 saturated carbocycles. The largest absolute Gasteiger partial charge is 0.494 e. The molecule has 0 radical (unpaired) electrons.